The number of carbonyl (C=O) groups is 3. The summed E-state index contributed by atoms with van der Waals surface area (Å²) in [6.07, 6.45) is 0. The van der Waals surface area contributed by atoms with Crippen LogP contribution in [0.5, 0.6) is 5.75 Å². The van der Waals surface area contributed by atoms with Crippen LogP contribution in [-0.4, -0.2) is 30.9 Å². The Labute approximate surface area is 158 Å². The highest BCUT2D eigenvalue weighted by molar-refractivity contribution is 6.02. The topological polar surface area (TPSA) is 87.7 Å². The van der Waals surface area contributed by atoms with E-state index in [1.165, 1.54) is 18.7 Å². The molecule has 0 aromatic heterocycles. The van der Waals surface area contributed by atoms with Gasteiger partial charge in [0.15, 0.2) is 0 Å². The van der Waals surface area contributed by atoms with E-state index in [4.69, 9.17) is 4.74 Å². The van der Waals surface area contributed by atoms with Crippen LogP contribution in [0.15, 0.2) is 48.5 Å². The smallest absolute Gasteiger partial charge is 0.244 e. The van der Waals surface area contributed by atoms with Gasteiger partial charge in [-0.15, -0.1) is 0 Å². The molecule has 0 radical (unpaired) electrons. The first-order valence-electron chi connectivity index (χ1n) is 8.57. The maximum atomic E-state index is 12.4. The second kappa shape index (κ2) is 9.38. The fourth-order valence-corrected chi connectivity index (χ4v) is 2.48. The molecular weight excluding hydrogens is 346 g/mol. The van der Waals surface area contributed by atoms with Gasteiger partial charge >= 0.3 is 0 Å². The quantitative estimate of drug-likeness (QED) is 0.785. The van der Waals surface area contributed by atoms with E-state index in [-0.39, 0.29) is 24.3 Å². The Balaban J connectivity index is 2.08. The van der Waals surface area contributed by atoms with E-state index in [0.29, 0.717) is 23.7 Å². The third-order valence-corrected chi connectivity index (χ3v) is 3.61. The first-order valence-corrected chi connectivity index (χ1v) is 8.57. The third-order valence-electron chi connectivity index (χ3n) is 3.61. The molecule has 0 saturated heterocycles. The van der Waals surface area contributed by atoms with E-state index in [1.807, 2.05) is 6.92 Å². The van der Waals surface area contributed by atoms with Gasteiger partial charge in [-0.25, -0.2) is 0 Å². The molecule has 0 spiro atoms. The first kappa shape index (κ1) is 20.0. The minimum absolute atomic E-state index is 0.147. The van der Waals surface area contributed by atoms with Crippen molar-refractivity contribution in [2.75, 3.05) is 28.7 Å². The van der Waals surface area contributed by atoms with Gasteiger partial charge < -0.3 is 20.3 Å². The molecule has 142 valence electrons. The standard InChI is InChI=1S/C20H23N3O4/c1-4-27-19-10-8-16(9-11-19)22-20(26)13-23(15(3)25)18-7-5-6-17(12-18)21-14(2)24/h5-12H,4,13H2,1-3H3,(H,21,24)(H,22,26). The molecule has 0 aliphatic heterocycles. The number of ether oxygens (including phenoxy) is 1. The van der Waals surface area contributed by atoms with Crippen LogP contribution in [0.25, 0.3) is 0 Å². The first-order chi connectivity index (χ1) is 12.9. The number of hydrogen-bond donors (Lipinski definition) is 2. The lowest BCUT2D eigenvalue weighted by molar-refractivity contribution is -0.120. The molecule has 2 rings (SSSR count). The van der Waals surface area contributed by atoms with Gasteiger partial charge in [0.2, 0.25) is 17.7 Å². The van der Waals surface area contributed by atoms with Crippen molar-refractivity contribution in [1.82, 2.24) is 0 Å². The van der Waals surface area contributed by atoms with Gasteiger partial charge in [-0.2, -0.15) is 0 Å². The van der Waals surface area contributed by atoms with Crippen molar-refractivity contribution >= 4 is 34.8 Å². The molecule has 2 aromatic rings. The van der Waals surface area contributed by atoms with Crippen molar-refractivity contribution in [3.63, 3.8) is 0 Å². The van der Waals surface area contributed by atoms with Gasteiger partial charge in [-0.1, -0.05) is 6.07 Å². The molecule has 0 aliphatic carbocycles. The SMILES string of the molecule is CCOc1ccc(NC(=O)CN(C(C)=O)c2cccc(NC(C)=O)c2)cc1. The molecule has 2 N–H and O–H groups in total. The highest BCUT2D eigenvalue weighted by Gasteiger charge is 2.16. The lowest BCUT2D eigenvalue weighted by Gasteiger charge is -2.21. The van der Waals surface area contributed by atoms with Crippen molar-refractivity contribution in [3.8, 4) is 5.75 Å². The Morgan fingerprint density at radius 2 is 1.67 bits per heavy atom. The minimum atomic E-state index is -0.334. The lowest BCUT2D eigenvalue weighted by Crippen LogP contribution is -2.36. The summed E-state index contributed by atoms with van der Waals surface area (Å²) in [5.41, 5.74) is 1.69. The van der Waals surface area contributed by atoms with Crippen molar-refractivity contribution < 1.29 is 19.1 Å². The normalized spacial score (nSPS) is 10.0. The van der Waals surface area contributed by atoms with E-state index >= 15 is 0 Å². The Bertz CT molecular complexity index is 818. The molecule has 0 atom stereocenters. The largest absolute Gasteiger partial charge is 0.494 e. The van der Waals surface area contributed by atoms with Gasteiger partial charge in [0.1, 0.15) is 12.3 Å². The maximum Gasteiger partial charge on any atom is 0.244 e. The summed E-state index contributed by atoms with van der Waals surface area (Å²) in [5, 5.41) is 5.41. The number of carbonyl (C=O) groups excluding carboxylic acids is 3. The van der Waals surface area contributed by atoms with Crippen LogP contribution in [0, 0.1) is 0 Å². The highest BCUT2D eigenvalue weighted by Crippen LogP contribution is 2.20. The van der Waals surface area contributed by atoms with Crippen molar-refractivity contribution in [2.45, 2.75) is 20.8 Å². The van der Waals surface area contributed by atoms with Crippen LogP contribution in [0.2, 0.25) is 0 Å². The van der Waals surface area contributed by atoms with E-state index in [0.717, 1.165) is 5.75 Å². The van der Waals surface area contributed by atoms with Crippen LogP contribution < -0.4 is 20.3 Å². The summed E-state index contributed by atoms with van der Waals surface area (Å²) >= 11 is 0. The average Bonchev–Trinajstić information content (AvgIpc) is 2.61. The number of nitrogens with zero attached hydrogens (tertiary/aromatic N) is 1. The van der Waals surface area contributed by atoms with Crippen molar-refractivity contribution in [1.29, 1.82) is 0 Å². The average molecular weight is 369 g/mol. The van der Waals surface area contributed by atoms with E-state index in [9.17, 15) is 14.4 Å². The molecule has 0 bridgehead atoms. The highest BCUT2D eigenvalue weighted by atomic mass is 16.5. The molecular formula is C20H23N3O4. The maximum absolute atomic E-state index is 12.4. The molecule has 0 heterocycles. The molecule has 0 unspecified atom stereocenters. The Hall–Kier alpha value is -3.35. The Kier molecular flexibility index (Phi) is 6.93. The van der Waals surface area contributed by atoms with Crippen LogP contribution in [0.3, 0.4) is 0 Å². The second-order valence-corrected chi connectivity index (χ2v) is 5.84. The Morgan fingerprint density at radius 3 is 2.26 bits per heavy atom. The van der Waals surface area contributed by atoms with E-state index in [2.05, 4.69) is 10.6 Å². The number of benzene rings is 2. The predicted molar refractivity (Wildman–Crippen MR) is 105 cm³/mol. The summed E-state index contributed by atoms with van der Waals surface area (Å²) < 4.78 is 5.36. The number of hydrogen-bond acceptors (Lipinski definition) is 4. The summed E-state index contributed by atoms with van der Waals surface area (Å²) in [6, 6.07) is 13.8. The molecule has 27 heavy (non-hydrogen) atoms. The molecule has 7 nitrogen and oxygen atoms in total. The number of rotatable bonds is 7. The molecule has 7 heteroatoms. The number of nitrogens with one attached hydrogen (secondary N) is 2. The number of amides is 3. The fraction of sp³-hybridized carbons (Fsp3) is 0.250. The third kappa shape index (κ3) is 6.14. The summed E-state index contributed by atoms with van der Waals surface area (Å²) in [6.45, 7) is 5.10. The van der Waals surface area contributed by atoms with Crippen LogP contribution >= 0.6 is 0 Å². The zero-order valence-electron chi connectivity index (χ0n) is 15.6. The summed E-state index contributed by atoms with van der Waals surface area (Å²) in [7, 11) is 0. The van der Waals surface area contributed by atoms with E-state index < -0.39 is 0 Å². The van der Waals surface area contributed by atoms with Crippen molar-refractivity contribution in [2.24, 2.45) is 0 Å². The zero-order valence-corrected chi connectivity index (χ0v) is 15.6. The zero-order chi connectivity index (χ0) is 19.8. The molecule has 0 fully saturated rings. The molecule has 0 aliphatic rings. The van der Waals surface area contributed by atoms with Gasteiger partial charge in [0, 0.05) is 30.9 Å². The van der Waals surface area contributed by atoms with E-state index in [1.54, 1.807) is 48.5 Å². The van der Waals surface area contributed by atoms with Crippen LogP contribution in [0.1, 0.15) is 20.8 Å². The van der Waals surface area contributed by atoms with Crippen LogP contribution in [0.4, 0.5) is 17.1 Å². The van der Waals surface area contributed by atoms with Crippen molar-refractivity contribution in [3.05, 3.63) is 48.5 Å². The Morgan fingerprint density at radius 1 is 0.963 bits per heavy atom. The van der Waals surface area contributed by atoms with Gasteiger partial charge in [-0.05, 0) is 49.4 Å². The second-order valence-electron chi connectivity index (χ2n) is 5.84. The minimum Gasteiger partial charge on any atom is -0.494 e. The van der Waals surface area contributed by atoms with Gasteiger partial charge in [-0.3, -0.25) is 14.4 Å². The summed E-state index contributed by atoms with van der Waals surface area (Å²) in [4.78, 5) is 36.9. The van der Waals surface area contributed by atoms with Gasteiger partial charge in [0.05, 0.1) is 6.61 Å². The lowest BCUT2D eigenvalue weighted by atomic mass is 10.2. The fourth-order valence-electron chi connectivity index (χ4n) is 2.48. The predicted octanol–water partition coefficient (Wildman–Crippen LogP) is 3.04. The van der Waals surface area contributed by atoms with Crippen LogP contribution in [-0.2, 0) is 14.4 Å². The molecule has 2 aromatic carbocycles. The molecule has 3 amide bonds. The monoisotopic (exact) mass is 369 g/mol. The summed E-state index contributed by atoms with van der Waals surface area (Å²) in [5.74, 6) is -0.110. The molecule has 0 saturated carbocycles. The number of anilines is 3. The van der Waals surface area contributed by atoms with Gasteiger partial charge in [0.25, 0.3) is 0 Å².